The van der Waals surface area contributed by atoms with Crippen molar-refractivity contribution in [3.8, 4) is 5.75 Å². The number of carbonyl (C=O) groups is 2. The summed E-state index contributed by atoms with van der Waals surface area (Å²) in [5, 5.41) is 3.28. The number of ketones is 1. The highest BCUT2D eigenvalue weighted by Crippen LogP contribution is 2.16. The van der Waals surface area contributed by atoms with Gasteiger partial charge in [-0.15, -0.1) is 0 Å². The molecule has 0 fully saturated rings. The minimum Gasteiger partial charge on any atom is -0.494 e. The monoisotopic (exact) mass is 345 g/mol. The van der Waals surface area contributed by atoms with Crippen molar-refractivity contribution in [3.05, 3.63) is 59.1 Å². The summed E-state index contributed by atoms with van der Waals surface area (Å²) in [6, 6.07) is 13.9. The molecule has 0 atom stereocenters. The number of ether oxygens (including phenoxy) is 1. The van der Waals surface area contributed by atoms with Crippen molar-refractivity contribution in [2.75, 3.05) is 11.9 Å². The summed E-state index contributed by atoms with van der Waals surface area (Å²) >= 11 is 5.86. The van der Waals surface area contributed by atoms with Gasteiger partial charge in [-0.3, -0.25) is 9.59 Å². The van der Waals surface area contributed by atoms with Crippen LogP contribution in [0, 0.1) is 0 Å². The molecule has 2 aromatic rings. The summed E-state index contributed by atoms with van der Waals surface area (Å²) in [4.78, 5) is 24.0. The van der Waals surface area contributed by atoms with Gasteiger partial charge < -0.3 is 10.1 Å². The van der Waals surface area contributed by atoms with Gasteiger partial charge in [0.1, 0.15) is 5.75 Å². The van der Waals surface area contributed by atoms with Crippen molar-refractivity contribution in [1.29, 1.82) is 0 Å². The van der Waals surface area contributed by atoms with Gasteiger partial charge >= 0.3 is 0 Å². The second-order valence-corrected chi connectivity index (χ2v) is 5.79. The number of benzene rings is 2. The lowest BCUT2D eigenvalue weighted by atomic mass is 10.1. The number of hydrogen-bond acceptors (Lipinski definition) is 3. The lowest BCUT2D eigenvalue weighted by molar-refractivity contribution is -0.116. The molecule has 0 saturated carbocycles. The lowest BCUT2D eigenvalue weighted by Gasteiger charge is -2.07. The van der Waals surface area contributed by atoms with Crippen LogP contribution >= 0.6 is 11.6 Å². The van der Waals surface area contributed by atoms with Crippen LogP contribution in [0.1, 0.15) is 36.5 Å². The second-order valence-electron chi connectivity index (χ2n) is 5.35. The van der Waals surface area contributed by atoms with E-state index >= 15 is 0 Å². The van der Waals surface area contributed by atoms with E-state index in [0.717, 1.165) is 12.2 Å². The fourth-order valence-corrected chi connectivity index (χ4v) is 2.31. The van der Waals surface area contributed by atoms with Gasteiger partial charge in [0.15, 0.2) is 5.78 Å². The van der Waals surface area contributed by atoms with E-state index in [0.29, 0.717) is 22.9 Å². The standard InChI is InChI=1S/C19H20ClNO3/c1-2-12-24-17-8-6-14(7-9-17)18(22)10-11-19(23)21-16-5-3-4-15(20)13-16/h3-9,13H,2,10-12H2,1H3,(H,21,23). The normalized spacial score (nSPS) is 10.2. The molecule has 0 unspecified atom stereocenters. The van der Waals surface area contributed by atoms with Crippen LogP contribution in [0.15, 0.2) is 48.5 Å². The number of Topliss-reactive ketones (excluding diaryl/α,β-unsaturated/α-hetero) is 1. The minimum atomic E-state index is -0.214. The highest BCUT2D eigenvalue weighted by molar-refractivity contribution is 6.30. The first-order chi connectivity index (χ1) is 11.6. The third-order valence-corrected chi connectivity index (χ3v) is 3.57. The molecule has 2 aromatic carbocycles. The molecule has 24 heavy (non-hydrogen) atoms. The Morgan fingerprint density at radius 2 is 1.83 bits per heavy atom. The first-order valence-corrected chi connectivity index (χ1v) is 8.27. The van der Waals surface area contributed by atoms with E-state index < -0.39 is 0 Å². The van der Waals surface area contributed by atoms with E-state index in [9.17, 15) is 9.59 Å². The van der Waals surface area contributed by atoms with Crippen LogP contribution in [-0.2, 0) is 4.79 Å². The summed E-state index contributed by atoms with van der Waals surface area (Å²) < 4.78 is 5.48. The van der Waals surface area contributed by atoms with Crippen molar-refractivity contribution < 1.29 is 14.3 Å². The summed E-state index contributed by atoms with van der Waals surface area (Å²) in [5.41, 5.74) is 1.20. The molecule has 0 bridgehead atoms. The molecule has 0 heterocycles. The van der Waals surface area contributed by atoms with Crippen LogP contribution in [0.5, 0.6) is 5.75 Å². The largest absolute Gasteiger partial charge is 0.494 e. The van der Waals surface area contributed by atoms with Crippen LogP contribution in [0.25, 0.3) is 0 Å². The summed E-state index contributed by atoms with van der Waals surface area (Å²) in [5.74, 6) is 0.457. The number of carbonyl (C=O) groups excluding carboxylic acids is 2. The fourth-order valence-electron chi connectivity index (χ4n) is 2.12. The highest BCUT2D eigenvalue weighted by Gasteiger charge is 2.10. The minimum absolute atomic E-state index is 0.0710. The number of rotatable bonds is 8. The van der Waals surface area contributed by atoms with Crippen molar-refractivity contribution in [3.63, 3.8) is 0 Å². The van der Waals surface area contributed by atoms with Gasteiger partial charge in [0.2, 0.25) is 5.91 Å². The third kappa shape index (κ3) is 5.70. The van der Waals surface area contributed by atoms with E-state index in [1.807, 2.05) is 6.92 Å². The molecular weight excluding hydrogens is 326 g/mol. The molecule has 0 saturated heterocycles. The van der Waals surface area contributed by atoms with Gasteiger partial charge in [0, 0.05) is 29.1 Å². The van der Waals surface area contributed by atoms with E-state index in [1.165, 1.54) is 0 Å². The second kappa shape index (κ2) is 9.08. The molecule has 0 aromatic heterocycles. The van der Waals surface area contributed by atoms with E-state index in [1.54, 1.807) is 48.5 Å². The molecular formula is C19H20ClNO3. The van der Waals surface area contributed by atoms with Crippen LogP contribution < -0.4 is 10.1 Å². The Labute approximate surface area is 146 Å². The Hall–Kier alpha value is -2.33. The van der Waals surface area contributed by atoms with Gasteiger partial charge in [-0.25, -0.2) is 0 Å². The molecule has 1 amide bonds. The SMILES string of the molecule is CCCOc1ccc(C(=O)CCC(=O)Nc2cccc(Cl)c2)cc1. The molecule has 4 nitrogen and oxygen atoms in total. The highest BCUT2D eigenvalue weighted by atomic mass is 35.5. The maximum atomic E-state index is 12.1. The van der Waals surface area contributed by atoms with E-state index in [4.69, 9.17) is 16.3 Å². The van der Waals surface area contributed by atoms with Crippen molar-refractivity contribution in [2.24, 2.45) is 0 Å². The predicted molar refractivity (Wildman–Crippen MR) is 95.9 cm³/mol. The van der Waals surface area contributed by atoms with Crippen LogP contribution in [0.2, 0.25) is 5.02 Å². The smallest absolute Gasteiger partial charge is 0.224 e. The van der Waals surface area contributed by atoms with Crippen molar-refractivity contribution in [1.82, 2.24) is 0 Å². The molecule has 0 spiro atoms. The topological polar surface area (TPSA) is 55.4 Å². The third-order valence-electron chi connectivity index (χ3n) is 3.34. The van der Waals surface area contributed by atoms with Gasteiger partial charge in [0.25, 0.3) is 0 Å². The average Bonchev–Trinajstić information content (AvgIpc) is 2.58. The van der Waals surface area contributed by atoms with Gasteiger partial charge in [-0.05, 0) is 48.9 Å². The number of amides is 1. The van der Waals surface area contributed by atoms with E-state index in [-0.39, 0.29) is 24.5 Å². The molecule has 0 aliphatic carbocycles. The van der Waals surface area contributed by atoms with Crippen LogP contribution in [0.3, 0.4) is 0 Å². The molecule has 5 heteroatoms. The number of halogens is 1. The first-order valence-electron chi connectivity index (χ1n) is 7.90. The van der Waals surface area contributed by atoms with Crippen molar-refractivity contribution >= 4 is 29.0 Å². The predicted octanol–water partition coefficient (Wildman–Crippen LogP) is 4.73. The Balaban J connectivity index is 1.82. The lowest BCUT2D eigenvalue weighted by Crippen LogP contribution is -2.13. The number of nitrogens with one attached hydrogen (secondary N) is 1. The Kier molecular flexibility index (Phi) is 6.82. The molecule has 126 valence electrons. The van der Waals surface area contributed by atoms with Crippen LogP contribution in [0.4, 0.5) is 5.69 Å². The van der Waals surface area contributed by atoms with Crippen LogP contribution in [-0.4, -0.2) is 18.3 Å². The van der Waals surface area contributed by atoms with Gasteiger partial charge in [-0.1, -0.05) is 24.6 Å². The van der Waals surface area contributed by atoms with E-state index in [2.05, 4.69) is 5.32 Å². The quantitative estimate of drug-likeness (QED) is 0.703. The Morgan fingerprint density at radius 3 is 2.50 bits per heavy atom. The number of hydrogen-bond donors (Lipinski definition) is 1. The summed E-state index contributed by atoms with van der Waals surface area (Å²) in [6.45, 7) is 2.68. The zero-order chi connectivity index (χ0) is 17.4. The molecule has 1 N–H and O–H groups in total. The zero-order valence-corrected chi connectivity index (χ0v) is 14.3. The molecule has 0 aliphatic rings. The summed E-state index contributed by atoms with van der Waals surface area (Å²) in [7, 11) is 0. The zero-order valence-electron chi connectivity index (χ0n) is 13.5. The fraction of sp³-hybridized carbons (Fsp3) is 0.263. The van der Waals surface area contributed by atoms with Gasteiger partial charge in [-0.2, -0.15) is 0 Å². The maximum Gasteiger partial charge on any atom is 0.224 e. The number of anilines is 1. The molecule has 0 radical (unpaired) electrons. The molecule has 2 rings (SSSR count). The first kappa shape index (κ1) is 18.0. The van der Waals surface area contributed by atoms with Gasteiger partial charge in [0.05, 0.1) is 6.61 Å². The Morgan fingerprint density at radius 1 is 1.08 bits per heavy atom. The maximum absolute atomic E-state index is 12.1. The molecule has 0 aliphatic heterocycles. The van der Waals surface area contributed by atoms with Crippen molar-refractivity contribution in [2.45, 2.75) is 26.2 Å². The summed E-state index contributed by atoms with van der Waals surface area (Å²) in [6.07, 6.45) is 1.21. The Bertz CT molecular complexity index is 698. The average molecular weight is 346 g/mol.